The lowest BCUT2D eigenvalue weighted by Gasteiger charge is -2.40. The highest BCUT2D eigenvalue weighted by Crippen LogP contribution is 2.32. The number of rotatable bonds is 4. The van der Waals surface area contributed by atoms with Gasteiger partial charge in [-0.25, -0.2) is 0 Å². The Morgan fingerprint density at radius 3 is 2.30 bits per heavy atom. The maximum Gasteiger partial charge on any atom is 0.254 e. The van der Waals surface area contributed by atoms with Crippen molar-refractivity contribution in [3.8, 4) is 11.3 Å². The van der Waals surface area contributed by atoms with Gasteiger partial charge in [-0.1, -0.05) is 79.4 Å². The molecule has 1 fully saturated rings. The molecular weight excluding hydrogens is 408 g/mol. The molecule has 1 amide bonds. The van der Waals surface area contributed by atoms with Crippen molar-refractivity contribution in [3.05, 3.63) is 96.6 Å². The summed E-state index contributed by atoms with van der Waals surface area (Å²) >= 11 is 0. The minimum absolute atomic E-state index is 0.0677. The summed E-state index contributed by atoms with van der Waals surface area (Å²) in [5, 5.41) is 11.4. The third kappa shape index (κ3) is 3.98. The number of carbonyl (C=O) groups excluding carboxylic acids is 1. The standard InChI is InChI=1S/C28H26N4O/c1-3-21-13-15-22(16-14-21)26-24-11-7-8-12-25(24)27(30-29-26)31-17-18-32(20(2)19-31)28(33)23-9-5-4-6-10-23/h3-16,20H,1,17-19H2,2H3. The zero-order valence-corrected chi connectivity index (χ0v) is 18.7. The predicted octanol–water partition coefficient (Wildman–Crippen LogP) is 5.29. The van der Waals surface area contributed by atoms with Gasteiger partial charge in [-0.05, 0) is 24.6 Å². The van der Waals surface area contributed by atoms with E-state index < -0.39 is 0 Å². The Morgan fingerprint density at radius 2 is 1.61 bits per heavy atom. The summed E-state index contributed by atoms with van der Waals surface area (Å²) in [5.74, 6) is 0.952. The number of nitrogens with zero attached hydrogens (tertiary/aromatic N) is 4. The summed E-state index contributed by atoms with van der Waals surface area (Å²) in [6, 6.07) is 26.0. The molecule has 1 saturated heterocycles. The molecule has 164 valence electrons. The van der Waals surface area contributed by atoms with Gasteiger partial charge < -0.3 is 9.80 Å². The first kappa shape index (κ1) is 20.9. The van der Waals surface area contributed by atoms with Crippen LogP contribution < -0.4 is 4.90 Å². The molecule has 0 radical (unpaired) electrons. The fourth-order valence-electron chi connectivity index (χ4n) is 4.51. The molecule has 5 heteroatoms. The third-order valence-electron chi connectivity index (χ3n) is 6.30. The number of hydrogen-bond acceptors (Lipinski definition) is 4. The Kier molecular flexibility index (Phi) is 5.61. The number of hydrogen-bond donors (Lipinski definition) is 0. The monoisotopic (exact) mass is 434 g/mol. The maximum absolute atomic E-state index is 13.0. The molecule has 1 atom stereocenters. The van der Waals surface area contributed by atoms with Gasteiger partial charge in [0.2, 0.25) is 0 Å². The number of amides is 1. The van der Waals surface area contributed by atoms with Crippen molar-refractivity contribution in [1.82, 2.24) is 15.1 Å². The maximum atomic E-state index is 13.0. The quantitative estimate of drug-likeness (QED) is 0.438. The molecule has 3 aromatic carbocycles. The van der Waals surface area contributed by atoms with E-state index in [1.54, 1.807) is 0 Å². The minimum Gasteiger partial charge on any atom is -0.351 e. The zero-order chi connectivity index (χ0) is 22.8. The van der Waals surface area contributed by atoms with Gasteiger partial charge in [-0.15, -0.1) is 10.2 Å². The first-order chi connectivity index (χ1) is 16.2. The van der Waals surface area contributed by atoms with E-state index in [4.69, 9.17) is 0 Å². The van der Waals surface area contributed by atoms with Crippen molar-refractivity contribution in [2.45, 2.75) is 13.0 Å². The second kappa shape index (κ2) is 8.87. The number of carbonyl (C=O) groups is 1. The van der Waals surface area contributed by atoms with Crippen molar-refractivity contribution >= 4 is 28.6 Å². The SMILES string of the molecule is C=Cc1ccc(-c2nnc(N3CCN(C(=O)c4ccccc4)C(C)C3)c3ccccc23)cc1. The Labute approximate surface area is 194 Å². The van der Waals surface area contributed by atoms with Crippen LogP contribution in [0.1, 0.15) is 22.8 Å². The van der Waals surface area contributed by atoms with Gasteiger partial charge in [0.1, 0.15) is 5.69 Å². The van der Waals surface area contributed by atoms with E-state index in [0.717, 1.165) is 45.5 Å². The van der Waals surface area contributed by atoms with Gasteiger partial charge in [0.25, 0.3) is 5.91 Å². The van der Waals surface area contributed by atoms with Crippen molar-refractivity contribution in [3.63, 3.8) is 0 Å². The van der Waals surface area contributed by atoms with E-state index in [9.17, 15) is 4.79 Å². The lowest BCUT2D eigenvalue weighted by molar-refractivity contribution is 0.0674. The summed E-state index contributed by atoms with van der Waals surface area (Å²) in [6.07, 6.45) is 1.83. The van der Waals surface area contributed by atoms with Crippen LogP contribution in [0.2, 0.25) is 0 Å². The Morgan fingerprint density at radius 1 is 0.909 bits per heavy atom. The highest BCUT2D eigenvalue weighted by atomic mass is 16.2. The number of fused-ring (bicyclic) bond motifs is 1. The average Bonchev–Trinajstić information content (AvgIpc) is 2.88. The van der Waals surface area contributed by atoms with E-state index in [-0.39, 0.29) is 11.9 Å². The summed E-state index contributed by atoms with van der Waals surface area (Å²) in [4.78, 5) is 17.2. The van der Waals surface area contributed by atoms with Crippen LogP contribution in [0.5, 0.6) is 0 Å². The smallest absolute Gasteiger partial charge is 0.254 e. The number of piperazine rings is 1. The van der Waals surface area contributed by atoms with Gasteiger partial charge >= 0.3 is 0 Å². The Hall–Kier alpha value is -3.99. The van der Waals surface area contributed by atoms with E-state index in [1.165, 1.54) is 0 Å². The molecule has 4 aromatic rings. The van der Waals surface area contributed by atoms with Crippen LogP contribution in [0.25, 0.3) is 28.1 Å². The molecule has 0 bridgehead atoms. The van der Waals surface area contributed by atoms with Crippen LogP contribution in [-0.2, 0) is 0 Å². The molecule has 0 aliphatic carbocycles. The molecule has 1 aromatic heterocycles. The normalized spacial score (nSPS) is 16.1. The summed E-state index contributed by atoms with van der Waals surface area (Å²) < 4.78 is 0. The van der Waals surface area contributed by atoms with E-state index in [2.05, 4.69) is 52.9 Å². The first-order valence-electron chi connectivity index (χ1n) is 11.2. The molecule has 1 aliphatic rings. The largest absolute Gasteiger partial charge is 0.351 e. The van der Waals surface area contributed by atoms with Crippen molar-refractivity contribution < 1.29 is 4.79 Å². The lowest BCUT2D eigenvalue weighted by Crippen LogP contribution is -2.54. The van der Waals surface area contributed by atoms with Crippen molar-refractivity contribution in [2.24, 2.45) is 0 Å². The lowest BCUT2D eigenvalue weighted by atomic mass is 10.0. The molecule has 0 N–H and O–H groups in total. The Balaban J connectivity index is 1.44. The summed E-state index contributed by atoms with van der Waals surface area (Å²) in [7, 11) is 0. The van der Waals surface area contributed by atoms with Gasteiger partial charge in [-0.3, -0.25) is 4.79 Å². The number of aromatic nitrogens is 2. The molecule has 0 spiro atoms. The molecular formula is C28H26N4O. The minimum atomic E-state index is 0.0677. The van der Waals surface area contributed by atoms with E-state index in [0.29, 0.717) is 13.1 Å². The summed E-state index contributed by atoms with van der Waals surface area (Å²) in [6.45, 7) is 8.00. The van der Waals surface area contributed by atoms with Crippen molar-refractivity contribution in [2.75, 3.05) is 24.5 Å². The molecule has 0 saturated carbocycles. The molecule has 1 aliphatic heterocycles. The average molecular weight is 435 g/mol. The van der Waals surface area contributed by atoms with Crippen LogP contribution in [0.15, 0.2) is 85.4 Å². The van der Waals surface area contributed by atoms with E-state index >= 15 is 0 Å². The van der Waals surface area contributed by atoms with Crippen molar-refractivity contribution in [1.29, 1.82) is 0 Å². The molecule has 33 heavy (non-hydrogen) atoms. The van der Waals surface area contributed by atoms with Crippen LogP contribution in [0.3, 0.4) is 0 Å². The highest BCUT2D eigenvalue weighted by molar-refractivity contribution is 6.00. The van der Waals surface area contributed by atoms with Crippen LogP contribution in [0.4, 0.5) is 5.82 Å². The molecule has 5 nitrogen and oxygen atoms in total. The van der Waals surface area contributed by atoms with Gasteiger partial charge in [-0.2, -0.15) is 0 Å². The first-order valence-corrected chi connectivity index (χ1v) is 11.2. The fraction of sp³-hybridized carbons (Fsp3) is 0.179. The topological polar surface area (TPSA) is 49.3 Å². The van der Waals surface area contributed by atoms with Crippen LogP contribution in [-0.4, -0.2) is 46.7 Å². The van der Waals surface area contributed by atoms with Crippen LogP contribution in [0, 0.1) is 0 Å². The summed E-state index contributed by atoms with van der Waals surface area (Å²) in [5.41, 5.74) is 3.71. The van der Waals surface area contributed by atoms with Gasteiger partial charge in [0.15, 0.2) is 5.82 Å². The third-order valence-corrected chi connectivity index (χ3v) is 6.30. The molecule has 5 rings (SSSR count). The van der Waals surface area contributed by atoms with Gasteiger partial charge in [0, 0.05) is 47.6 Å². The highest BCUT2D eigenvalue weighted by Gasteiger charge is 2.29. The van der Waals surface area contributed by atoms with Crippen LogP contribution >= 0.6 is 0 Å². The van der Waals surface area contributed by atoms with Gasteiger partial charge in [0.05, 0.1) is 0 Å². The van der Waals surface area contributed by atoms with E-state index in [1.807, 2.05) is 65.6 Å². The second-order valence-electron chi connectivity index (χ2n) is 8.40. The number of benzene rings is 3. The molecule has 1 unspecified atom stereocenters. The number of anilines is 1. The second-order valence-corrected chi connectivity index (χ2v) is 8.40. The zero-order valence-electron chi connectivity index (χ0n) is 18.7. The fourth-order valence-corrected chi connectivity index (χ4v) is 4.51. The Bertz CT molecular complexity index is 1300. The molecule has 2 heterocycles. The predicted molar refractivity (Wildman–Crippen MR) is 134 cm³/mol.